The van der Waals surface area contributed by atoms with Gasteiger partial charge in [-0.3, -0.25) is 13.7 Å². The number of amides is 2. The average Bonchev–Trinajstić information content (AvgIpc) is 3.17. The van der Waals surface area contributed by atoms with Gasteiger partial charge in [0.05, 0.1) is 35.5 Å². The average molecular weight is 504 g/mol. The van der Waals surface area contributed by atoms with Crippen LogP contribution in [0.15, 0.2) is 48.7 Å². The highest BCUT2D eigenvalue weighted by Crippen LogP contribution is 2.30. The molecule has 0 radical (unpaired) electrons. The van der Waals surface area contributed by atoms with Crippen molar-refractivity contribution in [1.29, 1.82) is 0 Å². The lowest BCUT2D eigenvalue weighted by Crippen LogP contribution is -2.29. The lowest BCUT2D eigenvalue weighted by molar-refractivity contribution is -0.141. The fraction of sp³-hybridized carbons (Fsp3) is 0.211. The predicted molar refractivity (Wildman–Crippen MR) is 114 cm³/mol. The fourth-order valence-electron chi connectivity index (χ4n) is 2.75. The van der Waals surface area contributed by atoms with E-state index in [1.54, 1.807) is 12.1 Å². The molecule has 2 aromatic heterocycles. The molecule has 1 aromatic carbocycles. The van der Waals surface area contributed by atoms with Crippen molar-refractivity contribution in [2.75, 3.05) is 5.32 Å². The summed E-state index contributed by atoms with van der Waals surface area (Å²) in [4.78, 5) is 16.3. The molecule has 2 atom stereocenters. The Labute approximate surface area is 193 Å². The zero-order chi connectivity index (χ0) is 24.2. The number of nitrogens with zero attached hydrogens (tertiary/aromatic N) is 3. The molecular formula is C19H17ClF3N5O4S. The number of hydrogen-bond donors (Lipinski definition) is 3. The number of pyridine rings is 1. The Balaban J connectivity index is 1.69. The maximum atomic E-state index is 13.2. The minimum absolute atomic E-state index is 0.0798. The second kappa shape index (κ2) is 10.3. The summed E-state index contributed by atoms with van der Waals surface area (Å²) in [7, 11) is 0. The lowest BCUT2D eigenvalue weighted by atomic mass is 10.2. The molecule has 0 bridgehead atoms. The number of nitrogens with one attached hydrogen (secondary N) is 2. The first-order valence-electron chi connectivity index (χ1n) is 9.24. The van der Waals surface area contributed by atoms with Gasteiger partial charge in [-0.2, -0.15) is 22.5 Å². The molecule has 2 amide bonds. The van der Waals surface area contributed by atoms with Crippen LogP contribution in [0.5, 0.6) is 0 Å². The van der Waals surface area contributed by atoms with Gasteiger partial charge in [0.1, 0.15) is 6.10 Å². The van der Waals surface area contributed by atoms with Gasteiger partial charge < -0.3 is 10.6 Å². The lowest BCUT2D eigenvalue weighted by Gasteiger charge is -2.11. The minimum Gasteiger partial charge on any atom is -0.332 e. The third-order valence-corrected chi connectivity index (χ3v) is 4.93. The molecule has 3 N–H and O–H groups in total. The highest BCUT2D eigenvalue weighted by molar-refractivity contribution is 7.74. The largest absolute Gasteiger partial charge is 0.435 e. The summed E-state index contributed by atoms with van der Waals surface area (Å²) in [5.41, 5.74) is -0.0904. The number of aromatic nitrogens is 3. The number of benzene rings is 1. The van der Waals surface area contributed by atoms with E-state index in [9.17, 15) is 22.2 Å². The maximum absolute atomic E-state index is 13.2. The highest BCUT2D eigenvalue weighted by atomic mass is 35.5. The van der Waals surface area contributed by atoms with Gasteiger partial charge in [-0.1, -0.05) is 17.7 Å². The molecule has 2 heterocycles. The molecule has 0 saturated carbocycles. The predicted octanol–water partition coefficient (Wildman–Crippen LogP) is 4.48. The second-order valence-corrected chi connectivity index (χ2v) is 7.71. The molecule has 3 rings (SSSR count). The van der Waals surface area contributed by atoms with Crippen LogP contribution in [0.1, 0.15) is 30.1 Å². The van der Waals surface area contributed by atoms with Crippen LogP contribution in [-0.2, 0) is 28.3 Å². The first kappa shape index (κ1) is 24.6. The first-order valence-corrected chi connectivity index (χ1v) is 10.6. The second-order valence-electron chi connectivity index (χ2n) is 6.65. The Morgan fingerprint density at radius 2 is 2.06 bits per heavy atom. The van der Waals surface area contributed by atoms with Crippen LogP contribution < -0.4 is 10.6 Å². The fourth-order valence-corrected chi connectivity index (χ4v) is 3.28. The molecule has 176 valence electrons. The highest BCUT2D eigenvalue weighted by Gasteiger charge is 2.35. The van der Waals surface area contributed by atoms with Crippen molar-refractivity contribution in [3.05, 3.63) is 70.8 Å². The molecule has 3 aromatic rings. The van der Waals surface area contributed by atoms with Crippen molar-refractivity contribution in [3.63, 3.8) is 0 Å². The van der Waals surface area contributed by atoms with Crippen LogP contribution >= 0.6 is 11.6 Å². The van der Waals surface area contributed by atoms with Crippen molar-refractivity contribution >= 4 is 34.7 Å². The third kappa shape index (κ3) is 6.74. The monoisotopic (exact) mass is 503 g/mol. The molecule has 14 heteroatoms. The number of carbonyl (C=O) groups excluding carboxylic acids is 1. The Morgan fingerprint density at radius 3 is 2.67 bits per heavy atom. The number of anilines is 1. The molecule has 2 unspecified atom stereocenters. The maximum Gasteiger partial charge on any atom is 0.435 e. The number of alkyl halides is 3. The number of hydrogen-bond acceptors (Lipinski definition) is 5. The number of carbonyl (C=O) groups is 1. The molecule has 9 nitrogen and oxygen atoms in total. The summed E-state index contributed by atoms with van der Waals surface area (Å²) in [6, 6.07) is 9.23. The summed E-state index contributed by atoms with van der Waals surface area (Å²) in [6.07, 6.45) is -4.13. The van der Waals surface area contributed by atoms with Gasteiger partial charge in [0.25, 0.3) is 0 Å². The van der Waals surface area contributed by atoms with E-state index in [1.165, 1.54) is 37.4 Å². The van der Waals surface area contributed by atoms with Crippen LogP contribution in [0.2, 0.25) is 5.02 Å². The van der Waals surface area contributed by atoms with Crippen molar-refractivity contribution < 1.29 is 30.9 Å². The normalized spacial score (nSPS) is 13.4. The molecule has 0 aliphatic rings. The van der Waals surface area contributed by atoms with Gasteiger partial charge in [0.2, 0.25) is 0 Å². The van der Waals surface area contributed by atoms with Crippen molar-refractivity contribution in [2.45, 2.75) is 25.7 Å². The minimum atomic E-state index is -4.67. The topological polar surface area (TPSA) is 118 Å². The Morgan fingerprint density at radius 1 is 1.30 bits per heavy atom. The Hall–Kier alpha value is -3.00. The quantitative estimate of drug-likeness (QED) is 0.409. The van der Waals surface area contributed by atoms with Gasteiger partial charge in [-0.25, -0.2) is 9.48 Å². The van der Waals surface area contributed by atoms with Crippen molar-refractivity contribution in [1.82, 2.24) is 20.1 Å². The molecule has 0 spiro atoms. The SMILES string of the molecule is CC(OS(=O)O)c1ccc(NC(=O)NCc2cc(C(F)(F)F)nn2-c2cccc(Cl)c2)cn1. The van der Waals surface area contributed by atoms with E-state index in [2.05, 4.69) is 20.7 Å². The summed E-state index contributed by atoms with van der Waals surface area (Å²) < 4.78 is 64.7. The summed E-state index contributed by atoms with van der Waals surface area (Å²) in [6.45, 7) is 1.26. The van der Waals surface area contributed by atoms with Crippen LogP contribution in [0.25, 0.3) is 5.69 Å². The Bertz CT molecular complexity index is 1160. The first-order chi connectivity index (χ1) is 15.5. The van der Waals surface area contributed by atoms with E-state index in [1.807, 2.05) is 0 Å². The zero-order valence-electron chi connectivity index (χ0n) is 16.8. The number of halogens is 4. The van der Waals surface area contributed by atoms with E-state index in [4.69, 9.17) is 20.3 Å². The van der Waals surface area contributed by atoms with Gasteiger partial charge >= 0.3 is 23.6 Å². The van der Waals surface area contributed by atoms with Crippen LogP contribution in [-0.4, -0.2) is 29.6 Å². The van der Waals surface area contributed by atoms with Gasteiger partial charge in [0, 0.05) is 5.02 Å². The summed E-state index contributed by atoms with van der Waals surface area (Å²) >= 11 is 3.48. The molecule has 0 saturated heterocycles. The van der Waals surface area contributed by atoms with Crippen molar-refractivity contribution in [3.8, 4) is 5.69 Å². The zero-order valence-corrected chi connectivity index (χ0v) is 18.4. The van der Waals surface area contributed by atoms with E-state index < -0.39 is 35.4 Å². The van der Waals surface area contributed by atoms with Crippen LogP contribution in [0.4, 0.5) is 23.7 Å². The smallest absolute Gasteiger partial charge is 0.332 e. The van der Waals surface area contributed by atoms with E-state index in [0.717, 1.165) is 10.7 Å². The molecule has 0 aliphatic carbocycles. The molecule has 0 fully saturated rings. The summed E-state index contributed by atoms with van der Waals surface area (Å²) in [5.74, 6) is 0. The van der Waals surface area contributed by atoms with Crippen LogP contribution in [0.3, 0.4) is 0 Å². The molecule has 0 aliphatic heterocycles. The standard InChI is InChI=1S/C19H17ClF3N5O4S/c1-11(32-33(30)31)16-6-5-13(9-24-16)26-18(29)25-10-15-8-17(19(21,22)23)27-28(15)14-4-2-3-12(20)7-14/h2-9,11H,10H2,1H3,(H,30,31)(H2,25,26,29). The van der Waals surface area contributed by atoms with E-state index in [0.29, 0.717) is 16.4 Å². The van der Waals surface area contributed by atoms with Crippen molar-refractivity contribution in [2.24, 2.45) is 0 Å². The summed E-state index contributed by atoms with van der Waals surface area (Å²) in [5, 5.41) is 8.87. The Kier molecular flexibility index (Phi) is 7.68. The van der Waals surface area contributed by atoms with E-state index in [-0.39, 0.29) is 17.9 Å². The van der Waals surface area contributed by atoms with Gasteiger partial charge in [-0.15, -0.1) is 0 Å². The number of urea groups is 1. The van der Waals surface area contributed by atoms with Crippen LogP contribution in [0, 0.1) is 0 Å². The molecule has 33 heavy (non-hydrogen) atoms. The number of rotatable bonds is 7. The van der Waals surface area contributed by atoms with Gasteiger partial charge in [0.15, 0.2) is 5.69 Å². The third-order valence-electron chi connectivity index (χ3n) is 4.24. The van der Waals surface area contributed by atoms with E-state index >= 15 is 0 Å². The molecular weight excluding hydrogens is 487 g/mol. The van der Waals surface area contributed by atoms with Gasteiger partial charge in [-0.05, 0) is 43.3 Å².